The third-order valence-electron chi connectivity index (χ3n) is 7.07. The highest BCUT2D eigenvalue weighted by Gasteiger charge is 2.47. The van der Waals surface area contributed by atoms with Gasteiger partial charge < -0.3 is 24.7 Å². The van der Waals surface area contributed by atoms with Crippen LogP contribution in [0.5, 0.6) is 11.5 Å². The molecule has 0 aromatic heterocycles. The molecule has 1 atom stereocenters. The van der Waals surface area contributed by atoms with Crippen LogP contribution in [0.4, 0.5) is 15.8 Å². The van der Waals surface area contributed by atoms with Crippen LogP contribution in [0.2, 0.25) is 0 Å². The molecular weight excluding hydrogens is 489 g/mol. The number of carbonyl (C=O) groups excluding carboxylic acids is 2. The first-order valence-electron chi connectivity index (χ1n) is 12.3. The van der Waals surface area contributed by atoms with E-state index in [-0.39, 0.29) is 22.6 Å². The van der Waals surface area contributed by atoms with Gasteiger partial charge in [0.15, 0.2) is 0 Å². The molecule has 9 heteroatoms. The van der Waals surface area contributed by atoms with Gasteiger partial charge in [0.25, 0.3) is 11.7 Å². The van der Waals surface area contributed by atoms with Gasteiger partial charge in [-0.3, -0.25) is 14.5 Å². The fourth-order valence-electron chi connectivity index (χ4n) is 4.97. The van der Waals surface area contributed by atoms with Crippen molar-refractivity contribution >= 4 is 28.8 Å². The summed E-state index contributed by atoms with van der Waals surface area (Å²) < 4.78 is 19.4. The van der Waals surface area contributed by atoms with Crippen LogP contribution in [-0.4, -0.2) is 67.1 Å². The number of phenols is 1. The molecule has 3 aromatic carbocycles. The lowest BCUT2D eigenvalue weighted by Gasteiger charge is -2.34. The van der Waals surface area contributed by atoms with Crippen LogP contribution in [0, 0.1) is 5.82 Å². The number of hydrogen-bond donors (Lipinski definition) is 2. The molecule has 1 amide bonds. The maximum Gasteiger partial charge on any atom is 0.300 e. The highest BCUT2D eigenvalue weighted by molar-refractivity contribution is 6.51. The minimum absolute atomic E-state index is 0.00836. The van der Waals surface area contributed by atoms with Gasteiger partial charge in [0.2, 0.25) is 0 Å². The summed E-state index contributed by atoms with van der Waals surface area (Å²) in [7, 11) is 3.45. The van der Waals surface area contributed by atoms with Gasteiger partial charge in [-0.2, -0.15) is 0 Å². The predicted octanol–water partition coefficient (Wildman–Crippen LogP) is 3.92. The lowest BCUT2D eigenvalue weighted by molar-refractivity contribution is -0.132. The SMILES string of the molecule is COc1ccc(F)cc1/C(O)=C1\C(=O)C(=O)N(c2ccc(N3CCN(C)CC3)cc2)C1c1ccc(O)cc1. The smallest absolute Gasteiger partial charge is 0.300 e. The van der Waals surface area contributed by atoms with Gasteiger partial charge in [-0.1, -0.05) is 12.1 Å². The number of piperazine rings is 1. The van der Waals surface area contributed by atoms with E-state index in [1.165, 1.54) is 36.3 Å². The average Bonchev–Trinajstić information content (AvgIpc) is 3.19. The predicted molar refractivity (Wildman–Crippen MR) is 142 cm³/mol. The quantitative estimate of drug-likeness (QED) is 0.301. The zero-order valence-corrected chi connectivity index (χ0v) is 21.1. The van der Waals surface area contributed by atoms with E-state index in [4.69, 9.17) is 4.74 Å². The standard InChI is InChI=1S/C29H28FN3O5/c1-31-13-15-32(16-14-31)20-6-8-21(9-7-20)33-26(18-3-10-22(34)11-4-18)25(28(36)29(33)37)27(35)23-17-19(30)5-12-24(23)38-2/h3-12,17,26,34-35H,13-16H2,1-2H3/b27-25+. The Hall–Kier alpha value is -4.37. The molecule has 2 heterocycles. The number of ketones is 1. The van der Waals surface area contributed by atoms with Crippen molar-refractivity contribution < 1.29 is 28.9 Å². The van der Waals surface area contributed by atoms with Crippen LogP contribution in [0.25, 0.3) is 5.76 Å². The van der Waals surface area contributed by atoms with Crippen molar-refractivity contribution in [3.8, 4) is 11.5 Å². The monoisotopic (exact) mass is 517 g/mol. The number of aliphatic hydroxyl groups excluding tert-OH is 1. The highest BCUT2D eigenvalue weighted by Crippen LogP contribution is 2.44. The lowest BCUT2D eigenvalue weighted by Crippen LogP contribution is -2.44. The maximum atomic E-state index is 14.1. The molecule has 2 N–H and O–H groups in total. The molecule has 2 fully saturated rings. The summed E-state index contributed by atoms with van der Waals surface area (Å²) in [5.41, 5.74) is 1.71. The number of rotatable bonds is 5. The average molecular weight is 518 g/mol. The molecule has 5 rings (SSSR count). The van der Waals surface area contributed by atoms with E-state index in [9.17, 15) is 24.2 Å². The van der Waals surface area contributed by atoms with Gasteiger partial charge in [-0.05, 0) is 67.2 Å². The number of ether oxygens (including phenoxy) is 1. The Morgan fingerprint density at radius 2 is 1.55 bits per heavy atom. The zero-order chi connectivity index (χ0) is 27.0. The van der Waals surface area contributed by atoms with Crippen molar-refractivity contribution in [2.45, 2.75) is 6.04 Å². The molecule has 0 aliphatic carbocycles. The number of benzene rings is 3. The van der Waals surface area contributed by atoms with Crippen LogP contribution in [0.3, 0.4) is 0 Å². The van der Waals surface area contributed by atoms with Crippen LogP contribution in [0.1, 0.15) is 17.2 Å². The molecule has 0 saturated carbocycles. The van der Waals surface area contributed by atoms with Crippen molar-refractivity contribution in [3.05, 3.63) is 89.2 Å². The molecule has 2 aliphatic heterocycles. The lowest BCUT2D eigenvalue weighted by atomic mass is 9.94. The Kier molecular flexibility index (Phi) is 6.77. The Morgan fingerprint density at radius 3 is 2.18 bits per heavy atom. The molecule has 0 bridgehead atoms. The molecule has 0 spiro atoms. The third-order valence-corrected chi connectivity index (χ3v) is 7.07. The summed E-state index contributed by atoms with van der Waals surface area (Å²) in [5.74, 6) is -2.76. The molecule has 196 valence electrons. The van der Waals surface area contributed by atoms with E-state index in [1.54, 1.807) is 24.3 Å². The van der Waals surface area contributed by atoms with Crippen molar-refractivity contribution in [2.75, 3.05) is 50.1 Å². The number of Topliss-reactive ketones (excluding diaryl/α,β-unsaturated/α-hetero) is 1. The maximum absolute atomic E-state index is 14.1. The van der Waals surface area contributed by atoms with E-state index in [2.05, 4.69) is 16.8 Å². The van der Waals surface area contributed by atoms with Crippen molar-refractivity contribution in [1.29, 1.82) is 0 Å². The first kappa shape index (κ1) is 25.3. The molecule has 8 nitrogen and oxygen atoms in total. The Labute approximate surface area is 219 Å². The van der Waals surface area contributed by atoms with Gasteiger partial charge >= 0.3 is 0 Å². The molecule has 38 heavy (non-hydrogen) atoms. The summed E-state index contributed by atoms with van der Waals surface area (Å²) in [6.45, 7) is 3.65. The van der Waals surface area contributed by atoms with E-state index in [1.807, 2.05) is 12.1 Å². The summed E-state index contributed by atoms with van der Waals surface area (Å²) in [6.07, 6.45) is 0. The largest absolute Gasteiger partial charge is 0.508 e. The number of aliphatic hydroxyl groups is 1. The number of halogens is 1. The summed E-state index contributed by atoms with van der Waals surface area (Å²) in [6, 6.07) is 15.9. The van der Waals surface area contributed by atoms with Gasteiger partial charge in [0.1, 0.15) is 23.1 Å². The van der Waals surface area contributed by atoms with E-state index >= 15 is 0 Å². The molecular formula is C29H28FN3O5. The normalized spacial score (nSPS) is 19.7. The number of anilines is 2. The van der Waals surface area contributed by atoms with Crippen LogP contribution >= 0.6 is 0 Å². The second kappa shape index (κ2) is 10.2. The fourth-order valence-corrected chi connectivity index (χ4v) is 4.97. The summed E-state index contributed by atoms with van der Waals surface area (Å²) >= 11 is 0. The van der Waals surface area contributed by atoms with E-state index in [0.717, 1.165) is 37.9 Å². The van der Waals surface area contributed by atoms with Gasteiger partial charge in [0, 0.05) is 37.6 Å². The van der Waals surface area contributed by atoms with Gasteiger partial charge in [0.05, 0.1) is 24.3 Å². The first-order valence-corrected chi connectivity index (χ1v) is 12.3. The number of amides is 1. The van der Waals surface area contributed by atoms with Crippen LogP contribution < -0.4 is 14.5 Å². The second-order valence-corrected chi connectivity index (χ2v) is 9.41. The first-order chi connectivity index (χ1) is 18.3. The van der Waals surface area contributed by atoms with Crippen molar-refractivity contribution in [1.82, 2.24) is 4.90 Å². The summed E-state index contributed by atoms with van der Waals surface area (Å²) in [5, 5.41) is 21.1. The molecule has 0 radical (unpaired) electrons. The number of hydrogen-bond acceptors (Lipinski definition) is 7. The van der Waals surface area contributed by atoms with E-state index < -0.39 is 29.3 Å². The van der Waals surface area contributed by atoms with Gasteiger partial charge in [-0.15, -0.1) is 0 Å². The third kappa shape index (κ3) is 4.56. The van der Waals surface area contributed by atoms with Crippen molar-refractivity contribution in [2.24, 2.45) is 0 Å². The molecule has 3 aromatic rings. The number of carbonyl (C=O) groups is 2. The Bertz CT molecular complexity index is 1400. The topological polar surface area (TPSA) is 93.5 Å². The minimum Gasteiger partial charge on any atom is -0.508 e. The van der Waals surface area contributed by atoms with Gasteiger partial charge in [-0.25, -0.2) is 4.39 Å². The van der Waals surface area contributed by atoms with Crippen LogP contribution in [-0.2, 0) is 9.59 Å². The van der Waals surface area contributed by atoms with Crippen molar-refractivity contribution in [3.63, 3.8) is 0 Å². The molecule has 2 aliphatic rings. The number of nitrogens with zero attached hydrogens (tertiary/aromatic N) is 3. The number of likely N-dealkylation sites (N-methyl/N-ethyl adjacent to an activating group) is 1. The zero-order valence-electron chi connectivity index (χ0n) is 21.1. The fraction of sp³-hybridized carbons (Fsp3) is 0.241. The molecule has 2 saturated heterocycles. The highest BCUT2D eigenvalue weighted by atomic mass is 19.1. The van der Waals surface area contributed by atoms with E-state index in [0.29, 0.717) is 11.3 Å². The molecule has 1 unspecified atom stereocenters. The number of methoxy groups -OCH3 is 1. The van der Waals surface area contributed by atoms with Crippen LogP contribution in [0.15, 0.2) is 72.3 Å². The second-order valence-electron chi connectivity index (χ2n) is 9.41. The Morgan fingerprint density at radius 1 is 0.921 bits per heavy atom. The number of phenolic OH excluding ortho intramolecular Hbond substituents is 1. The number of aromatic hydroxyl groups is 1. The Balaban J connectivity index is 1.61. The minimum atomic E-state index is -1.02. The summed E-state index contributed by atoms with van der Waals surface area (Å²) in [4.78, 5) is 32.6.